The average Bonchev–Trinajstić information content (AvgIpc) is 2.83. The number of aromatic nitrogens is 1. The number of β-amino-alcohol motifs (C(OH)–C–C–N with tert-alkyl or cyclic N) is 1. The number of amides is 1. The van der Waals surface area contributed by atoms with Crippen LogP contribution < -0.4 is 10.6 Å². The second kappa shape index (κ2) is 12.5. The van der Waals surface area contributed by atoms with Crippen LogP contribution in [-0.2, 0) is 30.8 Å². The van der Waals surface area contributed by atoms with Gasteiger partial charge in [-0.15, -0.1) is 0 Å². The van der Waals surface area contributed by atoms with Crippen LogP contribution in [0.4, 0.5) is 0 Å². The van der Waals surface area contributed by atoms with Crippen molar-refractivity contribution in [2.75, 3.05) is 6.54 Å². The molecule has 0 fully saturated rings. The highest BCUT2D eigenvalue weighted by Crippen LogP contribution is 2.23. The lowest BCUT2D eigenvalue weighted by Crippen LogP contribution is -2.43. The van der Waals surface area contributed by atoms with Crippen molar-refractivity contribution < 1.29 is 20.1 Å². The highest BCUT2D eigenvalue weighted by Gasteiger charge is 2.21. The van der Waals surface area contributed by atoms with Crippen molar-refractivity contribution in [3.8, 4) is 5.75 Å². The monoisotopic (exact) mass is 531 g/mol. The maximum Gasteiger partial charge on any atom is 0.224 e. The number of rotatable bonds is 11. The number of nitrogens with one attached hydrogen (secondary N) is 2. The van der Waals surface area contributed by atoms with E-state index >= 15 is 0 Å². The molecule has 0 radical (unpaired) electrons. The lowest BCUT2D eigenvalue weighted by molar-refractivity contribution is -0.120. The minimum Gasteiger partial charge on any atom is -0.506 e. The average molecular weight is 532 g/mol. The molecule has 1 aromatic heterocycles. The van der Waals surface area contributed by atoms with Crippen molar-refractivity contribution in [3.05, 3.63) is 92.7 Å². The predicted octanol–water partition coefficient (Wildman–Crippen LogP) is 4.09. The molecule has 3 rings (SSSR count). The van der Waals surface area contributed by atoms with Crippen molar-refractivity contribution in [1.82, 2.24) is 15.6 Å². The van der Waals surface area contributed by atoms with E-state index < -0.39 is 12.7 Å². The van der Waals surface area contributed by atoms with Gasteiger partial charge in [0, 0.05) is 18.6 Å². The smallest absolute Gasteiger partial charge is 0.224 e. The number of halogens is 2. The van der Waals surface area contributed by atoms with Crippen LogP contribution >= 0.6 is 23.2 Å². The van der Waals surface area contributed by atoms with E-state index in [4.69, 9.17) is 23.2 Å². The zero-order chi connectivity index (χ0) is 26.3. The number of carbonyl (C=O) groups excluding carboxylic acids is 1. The number of hydrogen-bond donors (Lipinski definition) is 5. The van der Waals surface area contributed by atoms with E-state index in [1.54, 1.807) is 12.1 Å². The van der Waals surface area contributed by atoms with Crippen LogP contribution in [0.2, 0.25) is 10.0 Å². The van der Waals surface area contributed by atoms with Crippen molar-refractivity contribution in [2.45, 2.75) is 51.5 Å². The quantitative estimate of drug-likeness (QED) is 0.254. The Hall–Kier alpha value is -2.68. The normalized spacial score (nSPS) is 12.4. The van der Waals surface area contributed by atoms with Gasteiger partial charge in [0.15, 0.2) is 0 Å². The summed E-state index contributed by atoms with van der Waals surface area (Å²) in [5, 5.41) is 36.6. The van der Waals surface area contributed by atoms with Gasteiger partial charge in [0.25, 0.3) is 0 Å². The summed E-state index contributed by atoms with van der Waals surface area (Å²) in [5.41, 5.74) is 2.98. The van der Waals surface area contributed by atoms with E-state index in [2.05, 4.69) is 15.6 Å². The first-order valence-electron chi connectivity index (χ1n) is 11.6. The molecule has 0 aliphatic heterocycles. The summed E-state index contributed by atoms with van der Waals surface area (Å²) in [6.07, 6.45) is 0.0193. The van der Waals surface area contributed by atoms with Gasteiger partial charge >= 0.3 is 0 Å². The third-order valence-corrected chi connectivity index (χ3v) is 6.45. The van der Waals surface area contributed by atoms with E-state index in [1.165, 1.54) is 12.1 Å². The Morgan fingerprint density at radius 3 is 2.50 bits per heavy atom. The molecule has 1 unspecified atom stereocenters. The Morgan fingerprint density at radius 1 is 1.03 bits per heavy atom. The molecule has 0 spiro atoms. The van der Waals surface area contributed by atoms with E-state index in [-0.39, 0.29) is 35.9 Å². The van der Waals surface area contributed by atoms with Gasteiger partial charge in [-0.2, -0.15) is 0 Å². The summed E-state index contributed by atoms with van der Waals surface area (Å²) in [6, 6.07) is 16.1. The van der Waals surface area contributed by atoms with E-state index in [1.807, 2.05) is 44.2 Å². The first-order valence-corrected chi connectivity index (χ1v) is 12.3. The number of aliphatic hydroxyl groups is 2. The fraction of sp³-hybridized carbons (Fsp3) is 0.333. The molecule has 9 heteroatoms. The number of aromatic hydroxyl groups is 1. The summed E-state index contributed by atoms with van der Waals surface area (Å²) in [6.45, 7) is 4.26. The molecule has 0 saturated heterocycles. The Bertz CT molecular complexity index is 1200. The second-order valence-corrected chi connectivity index (χ2v) is 10.2. The van der Waals surface area contributed by atoms with Crippen molar-refractivity contribution in [2.24, 2.45) is 0 Å². The van der Waals surface area contributed by atoms with Gasteiger partial charge < -0.3 is 26.0 Å². The number of pyridine rings is 1. The fourth-order valence-corrected chi connectivity index (χ4v) is 4.13. The lowest BCUT2D eigenvalue weighted by atomic mass is 9.93. The van der Waals surface area contributed by atoms with Crippen molar-refractivity contribution in [3.63, 3.8) is 0 Å². The first-order chi connectivity index (χ1) is 17.1. The Labute approximate surface area is 221 Å². The maximum absolute atomic E-state index is 12.5. The molecular formula is C27H31Cl2N3O4. The van der Waals surface area contributed by atoms with Gasteiger partial charge in [-0.1, -0.05) is 53.5 Å². The zero-order valence-electron chi connectivity index (χ0n) is 20.3. The van der Waals surface area contributed by atoms with Gasteiger partial charge in [0.05, 0.1) is 28.8 Å². The molecule has 2 aromatic carbocycles. The van der Waals surface area contributed by atoms with Gasteiger partial charge in [0.2, 0.25) is 5.91 Å². The minimum absolute atomic E-state index is 0.0950. The molecule has 5 N–H and O–H groups in total. The first kappa shape index (κ1) is 27.9. The molecule has 36 heavy (non-hydrogen) atoms. The molecule has 0 aliphatic rings. The summed E-state index contributed by atoms with van der Waals surface area (Å²) < 4.78 is 0. The van der Waals surface area contributed by atoms with Crippen molar-refractivity contribution >= 4 is 29.1 Å². The Morgan fingerprint density at radius 2 is 1.78 bits per heavy atom. The molecule has 0 saturated carbocycles. The van der Waals surface area contributed by atoms with Gasteiger partial charge in [0.1, 0.15) is 17.5 Å². The second-order valence-electron chi connectivity index (χ2n) is 9.34. The molecule has 0 aliphatic carbocycles. The van der Waals surface area contributed by atoms with Crippen LogP contribution in [0.1, 0.15) is 48.0 Å². The van der Waals surface area contributed by atoms with Gasteiger partial charge in [-0.25, -0.2) is 4.98 Å². The number of aliphatic hydroxyl groups excluding tert-OH is 2. The van der Waals surface area contributed by atoms with E-state index in [0.717, 1.165) is 16.7 Å². The number of nitrogens with zero attached hydrogens (tertiary/aromatic N) is 1. The topological polar surface area (TPSA) is 115 Å². The fourth-order valence-electron chi connectivity index (χ4n) is 3.81. The van der Waals surface area contributed by atoms with Crippen LogP contribution in [0, 0.1) is 0 Å². The van der Waals surface area contributed by atoms with Crippen LogP contribution in [0.15, 0.2) is 54.6 Å². The molecule has 1 amide bonds. The molecule has 1 atom stereocenters. The van der Waals surface area contributed by atoms with Crippen LogP contribution in [0.25, 0.3) is 0 Å². The van der Waals surface area contributed by atoms with Crippen LogP contribution in [-0.4, -0.2) is 38.3 Å². The molecule has 1 heterocycles. The number of hydrogen-bond acceptors (Lipinski definition) is 6. The molecule has 7 nitrogen and oxygen atoms in total. The Balaban J connectivity index is 1.53. The number of benzene rings is 2. The van der Waals surface area contributed by atoms with Crippen LogP contribution in [0.3, 0.4) is 0 Å². The standard InChI is InChI=1S/C27H31Cl2N3O4/c1-27(2,31-15-25(35)22-8-9-24(34)23(16-33)32-22)13-18-5-3-4-17(10-18)12-26(36)30-14-19-6-7-20(28)21(29)11-19/h3-11,25,31,33-35H,12-16H2,1-2H3,(H,30,36). The Kier molecular flexibility index (Phi) is 9.70. The third-order valence-electron chi connectivity index (χ3n) is 5.71. The minimum atomic E-state index is -0.902. The molecular weight excluding hydrogens is 501 g/mol. The third kappa shape index (κ3) is 8.18. The highest BCUT2D eigenvalue weighted by molar-refractivity contribution is 6.42. The molecule has 192 valence electrons. The predicted molar refractivity (Wildman–Crippen MR) is 141 cm³/mol. The van der Waals surface area contributed by atoms with Crippen LogP contribution in [0.5, 0.6) is 5.75 Å². The molecule has 3 aromatic rings. The lowest BCUT2D eigenvalue weighted by Gasteiger charge is -2.28. The maximum atomic E-state index is 12.5. The summed E-state index contributed by atoms with van der Waals surface area (Å²) in [7, 11) is 0. The summed E-state index contributed by atoms with van der Waals surface area (Å²) >= 11 is 12.0. The van der Waals surface area contributed by atoms with E-state index in [0.29, 0.717) is 28.7 Å². The SMILES string of the molecule is CC(C)(Cc1cccc(CC(=O)NCc2ccc(Cl)c(Cl)c2)c1)NCC(O)c1ccc(O)c(CO)n1. The highest BCUT2D eigenvalue weighted by atomic mass is 35.5. The van der Waals surface area contributed by atoms with Gasteiger partial charge in [-0.3, -0.25) is 4.79 Å². The number of carbonyl (C=O) groups is 1. The molecule has 0 bridgehead atoms. The van der Waals surface area contributed by atoms with Gasteiger partial charge in [-0.05, 0) is 61.2 Å². The largest absolute Gasteiger partial charge is 0.506 e. The summed E-state index contributed by atoms with van der Waals surface area (Å²) in [5.74, 6) is -0.202. The van der Waals surface area contributed by atoms with E-state index in [9.17, 15) is 20.1 Å². The van der Waals surface area contributed by atoms with Crippen molar-refractivity contribution in [1.29, 1.82) is 0 Å². The zero-order valence-corrected chi connectivity index (χ0v) is 21.8. The summed E-state index contributed by atoms with van der Waals surface area (Å²) in [4.78, 5) is 16.6.